The van der Waals surface area contributed by atoms with E-state index in [4.69, 9.17) is 54.1 Å². The molecule has 0 atom stereocenters. The third-order valence-electron chi connectivity index (χ3n) is 0. The zero-order valence-corrected chi connectivity index (χ0v) is 20.8. The van der Waals surface area contributed by atoms with Crippen molar-refractivity contribution in [3.63, 3.8) is 0 Å². The summed E-state index contributed by atoms with van der Waals surface area (Å²) in [6.07, 6.45) is 0. The van der Waals surface area contributed by atoms with Crippen molar-refractivity contribution in [2.24, 2.45) is 0 Å². The molecule has 0 heterocycles. The second-order valence-corrected chi connectivity index (χ2v) is 9.83. The van der Waals surface area contributed by atoms with Crippen molar-refractivity contribution in [3.05, 3.63) is 0 Å². The van der Waals surface area contributed by atoms with Crippen LogP contribution in [0.1, 0.15) is 0 Å². The molecule has 0 aromatic rings. The molecule has 119 valence electrons. The third kappa shape index (κ3) is 376. The van der Waals surface area contributed by atoms with Gasteiger partial charge in [0.05, 0.1) is 0 Å². The first-order valence-corrected chi connectivity index (χ1v) is 19.3. The quantitative estimate of drug-likeness (QED) is 0.280. The summed E-state index contributed by atoms with van der Waals surface area (Å²) < 4.78 is 0. The van der Waals surface area contributed by atoms with E-state index in [2.05, 4.69) is 10.0 Å². The Morgan fingerprint density at radius 2 is 0.556 bits per heavy atom. The molecule has 0 bridgehead atoms. The van der Waals surface area contributed by atoms with Crippen LogP contribution in [0.2, 0.25) is 0 Å². The molecule has 0 aromatic heterocycles. The predicted molar refractivity (Wildman–Crippen MR) is 77.8 cm³/mol. The zero-order valence-electron chi connectivity index (χ0n) is 8.30. The van der Waals surface area contributed by atoms with Crippen LogP contribution in [0.15, 0.2) is 0 Å². The molecule has 0 rings (SSSR count). The maximum atomic E-state index is 4.93. The normalized spacial score (nSPS) is 2.61. The monoisotopic (exact) mass is 605 g/mol. The van der Waals surface area contributed by atoms with Gasteiger partial charge in [-0.25, -0.2) is 20.1 Å². The van der Waals surface area contributed by atoms with Gasteiger partial charge in [-0.05, 0) is 0 Å². The van der Waals surface area contributed by atoms with Gasteiger partial charge >= 0.3 is 89.1 Å². The van der Waals surface area contributed by atoms with Gasteiger partial charge in [0.2, 0.25) is 0 Å². The van der Waals surface area contributed by atoms with Gasteiger partial charge in [-0.2, -0.15) is 0 Å². The van der Waals surface area contributed by atoms with Crippen molar-refractivity contribution in [1.29, 1.82) is 0 Å². The fourth-order valence-electron chi connectivity index (χ4n) is 0. The molecule has 0 unspecified atom stereocenters. The Bertz CT molecular complexity index is 36.5. The molecule has 18 heavy (non-hydrogen) atoms. The van der Waals surface area contributed by atoms with Gasteiger partial charge in [-0.1, -0.05) is 0 Å². The Kier molecular flexibility index (Phi) is 693. The summed E-state index contributed by atoms with van der Waals surface area (Å²) >= 11 is -0.0678. The second kappa shape index (κ2) is 159. The van der Waals surface area contributed by atoms with Crippen molar-refractivity contribution in [1.82, 2.24) is 0 Å². The molecule has 18 heteroatoms. The summed E-state index contributed by atoms with van der Waals surface area (Å²) in [5, 5.41) is 0. The first kappa shape index (κ1) is 78.4. The molecular weight excluding hydrogens is 597 g/mol. The van der Waals surface area contributed by atoms with E-state index in [1.54, 1.807) is 0 Å². The Hall–Kier alpha value is 4.58. The van der Waals surface area contributed by atoms with E-state index in [1.807, 2.05) is 15.4 Å². The molecule has 0 fully saturated rings. The van der Waals surface area contributed by atoms with Crippen molar-refractivity contribution in [3.8, 4) is 0 Å². The number of rotatable bonds is 0. The molecule has 0 aliphatic heterocycles. The van der Waals surface area contributed by atoms with Gasteiger partial charge in [0.15, 0.2) is 0 Å². The van der Waals surface area contributed by atoms with Crippen LogP contribution in [-0.2, 0) is 41.7 Å². The van der Waals surface area contributed by atoms with Crippen molar-refractivity contribution in [2.45, 2.75) is 0 Å². The van der Waals surface area contributed by atoms with Gasteiger partial charge in [0.1, 0.15) is 0 Å². The summed E-state index contributed by atoms with van der Waals surface area (Å²) in [7, 11) is 34.0. The molecular formula is H14Al2Cl7O7Zr2. The van der Waals surface area contributed by atoms with Crippen LogP contribution in [0.3, 0.4) is 0 Å². The van der Waals surface area contributed by atoms with E-state index in [-0.39, 0.29) is 51.7 Å². The van der Waals surface area contributed by atoms with Crippen LogP contribution >= 0.6 is 64.2 Å². The first-order valence-electron chi connectivity index (χ1n) is 1.41. The fraction of sp³-hybridized carbons (Fsp3) is 0. The van der Waals surface area contributed by atoms with Crippen LogP contribution in [0.5, 0.6) is 0 Å². The van der Waals surface area contributed by atoms with E-state index >= 15 is 0 Å². The standard InChI is InChI=1S/2Al.7ClH.7H2O.2Zr/h;;7*1H;7*1H2;;/q+1;+2;;;;;;;;;;;;;;;2*+2/p-7. The Morgan fingerprint density at radius 1 is 0.556 bits per heavy atom. The summed E-state index contributed by atoms with van der Waals surface area (Å²) in [4.78, 5) is 0. The van der Waals surface area contributed by atoms with E-state index < -0.39 is 41.7 Å². The number of hydrogen-bond donors (Lipinski definition) is 0. The predicted octanol–water partition coefficient (Wildman–Crippen LogP) is -1.71. The van der Waals surface area contributed by atoms with E-state index in [9.17, 15) is 0 Å². The molecule has 0 aliphatic rings. The topological polar surface area (TPSA) is 220 Å². The Labute approximate surface area is 170 Å². The van der Waals surface area contributed by atoms with E-state index in [0.717, 1.165) is 0 Å². The summed E-state index contributed by atoms with van der Waals surface area (Å²) in [6.45, 7) is 0. The molecule has 0 aromatic carbocycles. The van der Waals surface area contributed by atoms with Gasteiger partial charge in [-0.15, -0.1) is 0 Å². The molecule has 0 spiro atoms. The molecule has 14 N–H and O–H groups in total. The summed E-state index contributed by atoms with van der Waals surface area (Å²) in [5.74, 6) is 0. The average Bonchev–Trinajstić information content (AvgIpc) is 1.96. The summed E-state index contributed by atoms with van der Waals surface area (Å²) in [6, 6.07) is 0. The van der Waals surface area contributed by atoms with E-state index in [0.29, 0.717) is 0 Å². The van der Waals surface area contributed by atoms with Gasteiger partial charge in [0.25, 0.3) is 15.4 Å². The molecule has 0 amide bonds. The van der Waals surface area contributed by atoms with Gasteiger partial charge in [0, 0.05) is 0 Å². The zero-order chi connectivity index (χ0) is 10.1. The minimum atomic E-state index is -0.826. The number of hydrogen-bond acceptors (Lipinski definition) is 0. The van der Waals surface area contributed by atoms with Crippen LogP contribution in [0.25, 0.3) is 0 Å². The third-order valence-corrected chi connectivity index (χ3v) is 0. The van der Waals surface area contributed by atoms with Crippen molar-refractivity contribution >= 4 is 92.9 Å². The molecule has 0 saturated carbocycles. The first-order chi connectivity index (χ1) is 5.24. The van der Waals surface area contributed by atoms with Crippen molar-refractivity contribution < 1.29 is 80.0 Å². The van der Waals surface area contributed by atoms with Gasteiger partial charge in [-0.3, -0.25) is 10.0 Å². The maximum absolute atomic E-state index is 4.93. The van der Waals surface area contributed by atoms with Crippen molar-refractivity contribution in [2.75, 3.05) is 0 Å². The number of halogens is 7. The van der Waals surface area contributed by atoms with E-state index in [1.165, 1.54) is 0 Å². The molecule has 0 aliphatic carbocycles. The van der Waals surface area contributed by atoms with Crippen LogP contribution < -0.4 is 0 Å². The van der Waals surface area contributed by atoms with Crippen LogP contribution in [0.4, 0.5) is 0 Å². The minimum absolute atomic E-state index is 0. The van der Waals surface area contributed by atoms with Crippen LogP contribution in [-0.4, -0.2) is 67.1 Å². The molecule has 3 radical (unpaired) electrons. The Morgan fingerprint density at radius 3 is 0.556 bits per heavy atom. The SMILES string of the molecule is O.O.O.O.O.O.O.[Al][Cl].[Cl][Al][Cl].[Cl][Zr][Cl].[Cl][Zr][Cl]. The summed E-state index contributed by atoms with van der Waals surface area (Å²) in [5.41, 5.74) is 0. The van der Waals surface area contributed by atoms with Gasteiger partial charge < -0.3 is 38.3 Å². The average molecular weight is 611 g/mol. The van der Waals surface area contributed by atoms with Crippen LogP contribution in [0, 0.1) is 0 Å². The molecule has 0 saturated heterocycles. The second-order valence-electron chi connectivity index (χ2n) is 0.225. The Balaban J connectivity index is -0.00000000360. The molecule has 7 nitrogen and oxygen atoms in total. The fourth-order valence-corrected chi connectivity index (χ4v) is 0.